The van der Waals surface area contributed by atoms with E-state index in [1.54, 1.807) is 0 Å². The van der Waals surface area contributed by atoms with Gasteiger partial charge in [-0.05, 0) is 12.1 Å². The first-order valence-electron chi connectivity index (χ1n) is 5.52. The first-order chi connectivity index (χ1) is 8.97. The van der Waals surface area contributed by atoms with Gasteiger partial charge >= 0.3 is 0 Å². The van der Waals surface area contributed by atoms with Crippen LogP contribution in [-0.4, -0.2) is 40.5 Å². The Kier molecular flexibility index (Phi) is 5.15. The number of benzene rings is 1. The molecule has 0 aliphatic carbocycles. The van der Waals surface area contributed by atoms with Gasteiger partial charge in [-0.15, -0.1) is 0 Å². The molecule has 19 heavy (non-hydrogen) atoms. The van der Waals surface area contributed by atoms with Crippen LogP contribution in [0.2, 0.25) is 0 Å². The van der Waals surface area contributed by atoms with E-state index in [0.29, 0.717) is 11.5 Å². The van der Waals surface area contributed by atoms with Crippen molar-refractivity contribution in [2.75, 3.05) is 27.8 Å². The number of nitrogens with zero attached hydrogens (tertiary/aromatic N) is 2. The Morgan fingerprint density at radius 3 is 2.42 bits per heavy atom. The van der Waals surface area contributed by atoms with Gasteiger partial charge in [0.1, 0.15) is 0 Å². The number of ether oxygens (including phenoxy) is 2. The van der Waals surface area contributed by atoms with Crippen LogP contribution in [0.3, 0.4) is 0 Å². The third kappa shape index (κ3) is 3.36. The molecule has 0 saturated carbocycles. The zero-order valence-corrected chi connectivity index (χ0v) is 11.9. The normalized spacial score (nSPS) is 11.1. The van der Waals surface area contributed by atoms with E-state index in [1.165, 1.54) is 39.5 Å². The molecule has 0 bridgehead atoms. The minimum Gasteiger partial charge on any atom is -0.493 e. The van der Waals surface area contributed by atoms with Crippen LogP contribution in [0.1, 0.15) is 6.42 Å². The molecule has 0 atom stereocenters. The standard InChI is InChI=1S/C12H16N2O4S/c1-14(8-4-7-13)19(15,16)10-5-6-11(17-2)12(9-10)18-3/h5-6,9H,4,8H2,1-3H3. The number of nitriles is 1. The van der Waals surface area contributed by atoms with Gasteiger partial charge in [0, 0.05) is 26.1 Å². The van der Waals surface area contributed by atoms with Crippen molar-refractivity contribution in [3.63, 3.8) is 0 Å². The second kappa shape index (κ2) is 6.41. The van der Waals surface area contributed by atoms with Crippen LogP contribution < -0.4 is 9.47 Å². The Morgan fingerprint density at radius 2 is 1.89 bits per heavy atom. The molecule has 0 aliphatic heterocycles. The van der Waals surface area contributed by atoms with Gasteiger partial charge in [-0.25, -0.2) is 8.42 Å². The highest BCUT2D eigenvalue weighted by atomic mass is 32.2. The molecule has 1 rings (SSSR count). The van der Waals surface area contributed by atoms with Crippen molar-refractivity contribution in [2.24, 2.45) is 0 Å². The lowest BCUT2D eigenvalue weighted by atomic mass is 10.3. The minimum absolute atomic E-state index is 0.102. The lowest BCUT2D eigenvalue weighted by Crippen LogP contribution is -2.27. The van der Waals surface area contributed by atoms with Gasteiger partial charge in [0.2, 0.25) is 10.0 Å². The Morgan fingerprint density at radius 1 is 1.26 bits per heavy atom. The summed E-state index contributed by atoms with van der Waals surface area (Å²) in [6.07, 6.45) is 0.142. The van der Waals surface area contributed by atoms with Gasteiger partial charge in [0.25, 0.3) is 0 Å². The molecule has 0 aromatic heterocycles. The topological polar surface area (TPSA) is 79.6 Å². The van der Waals surface area contributed by atoms with Crippen LogP contribution in [0.15, 0.2) is 23.1 Å². The number of hydrogen-bond donors (Lipinski definition) is 0. The number of rotatable bonds is 6. The van der Waals surface area contributed by atoms with E-state index >= 15 is 0 Å². The molecule has 0 aliphatic rings. The van der Waals surface area contributed by atoms with E-state index in [9.17, 15) is 8.42 Å². The SMILES string of the molecule is COc1ccc(S(=O)(=O)N(C)CCC#N)cc1OC. The highest BCUT2D eigenvalue weighted by Gasteiger charge is 2.22. The van der Waals surface area contributed by atoms with Crippen molar-refractivity contribution in [3.8, 4) is 17.6 Å². The molecule has 0 radical (unpaired) electrons. The second-order valence-electron chi connectivity index (χ2n) is 3.75. The molecule has 1 aromatic rings. The highest BCUT2D eigenvalue weighted by Crippen LogP contribution is 2.30. The summed E-state index contributed by atoms with van der Waals surface area (Å²) in [7, 11) is 0.727. The van der Waals surface area contributed by atoms with E-state index < -0.39 is 10.0 Å². The van der Waals surface area contributed by atoms with Crippen LogP contribution in [0.25, 0.3) is 0 Å². The first kappa shape index (κ1) is 15.3. The quantitative estimate of drug-likeness (QED) is 0.785. The molecule has 6 nitrogen and oxygen atoms in total. The monoisotopic (exact) mass is 284 g/mol. The fourth-order valence-corrected chi connectivity index (χ4v) is 2.67. The fourth-order valence-electron chi connectivity index (χ4n) is 1.48. The van der Waals surface area contributed by atoms with Crippen molar-refractivity contribution in [1.82, 2.24) is 4.31 Å². The van der Waals surface area contributed by atoms with Gasteiger partial charge in [0.15, 0.2) is 11.5 Å². The predicted molar refractivity (Wildman–Crippen MR) is 69.6 cm³/mol. The summed E-state index contributed by atoms with van der Waals surface area (Å²) in [5.41, 5.74) is 0. The zero-order valence-electron chi connectivity index (χ0n) is 11.1. The Balaban J connectivity index is 3.12. The molecule has 0 amide bonds. The molecule has 104 valence electrons. The van der Waals surface area contributed by atoms with E-state index in [-0.39, 0.29) is 17.9 Å². The maximum absolute atomic E-state index is 12.2. The predicted octanol–water partition coefficient (Wildman–Crippen LogP) is 1.24. The lowest BCUT2D eigenvalue weighted by Gasteiger charge is -2.17. The van der Waals surface area contributed by atoms with Gasteiger partial charge in [-0.1, -0.05) is 0 Å². The van der Waals surface area contributed by atoms with E-state index in [0.717, 1.165) is 4.31 Å². The summed E-state index contributed by atoms with van der Waals surface area (Å²) in [6.45, 7) is 0.146. The van der Waals surface area contributed by atoms with Crippen molar-refractivity contribution < 1.29 is 17.9 Å². The van der Waals surface area contributed by atoms with Crippen LogP contribution in [0.5, 0.6) is 11.5 Å². The maximum atomic E-state index is 12.2. The third-order valence-corrected chi connectivity index (χ3v) is 4.45. The smallest absolute Gasteiger partial charge is 0.242 e. The molecule has 0 fully saturated rings. The minimum atomic E-state index is -3.62. The van der Waals surface area contributed by atoms with E-state index in [4.69, 9.17) is 14.7 Å². The van der Waals surface area contributed by atoms with Crippen LogP contribution >= 0.6 is 0 Å². The summed E-state index contributed by atoms with van der Waals surface area (Å²) in [4.78, 5) is 0.102. The maximum Gasteiger partial charge on any atom is 0.242 e. The molecule has 0 N–H and O–H groups in total. The summed E-state index contributed by atoms with van der Waals surface area (Å²) in [5.74, 6) is 0.804. The summed E-state index contributed by atoms with van der Waals surface area (Å²) < 4.78 is 35.7. The molecular formula is C12H16N2O4S. The summed E-state index contributed by atoms with van der Waals surface area (Å²) in [6, 6.07) is 6.29. The molecule has 7 heteroatoms. The molecule has 1 aromatic carbocycles. The molecule has 0 heterocycles. The fraction of sp³-hybridized carbons (Fsp3) is 0.417. The van der Waals surface area contributed by atoms with Gasteiger partial charge < -0.3 is 9.47 Å². The first-order valence-corrected chi connectivity index (χ1v) is 6.96. The average molecular weight is 284 g/mol. The van der Waals surface area contributed by atoms with Gasteiger partial charge in [-0.2, -0.15) is 9.57 Å². The summed E-state index contributed by atoms with van der Waals surface area (Å²) in [5, 5.41) is 8.49. The van der Waals surface area contributed by atoms with E-state index in [2.05, 4.69) is 0 Å². The second-order valence-corrected chi connectivity index (χ2v) is 5.80. The van der Waals surface area contributed by atoms with Gasteiger partial charge in [-0.3, -0.25) is 0 Å². The Bertz CT molecular complexity index is 578. The van der Waals surface area contributed by atoms with E-state index in [1.807, 2.05) is 6.07 Å². The lowest BCUT2D eigenvalue weighted by molar-refractivity contribution is 0.353. The van der Waals surface area contributed by atoms with Crippen LogP contribution in [0.4, 0.5) is 0 Å². The van der Waals surface area contributed by atoms with Crippen molar-refractivity contribution in [2.45, 2.75) is 11.3 Å². The molecule has 0 spiro atoms. The average Bonchev–Trinajstić information content (AvgIpc) is 2.43. The molecule has 0 saturated heterocycles. The Labute approximate surface area is 113 Å². The zero-order chi connectivity index (χ0) is 14.5. The molecule has 0 unspecified atom stereocenters. The third-order valence-electron chi connectivity index (χ3n) is 2.60. The number of sulfonamides is 1. The molecular weight excluding hydrogens is 268 g/mol. The summed E-state index contributed by atoms with van der Waals surface area (Å²) >= 11 is 0. The number of methoxy groups -OCH3 is 2. The largest absolute Gasteiger partial charge is 0.493 e. The Hall–Kier alpha value is -1.78. The van der Waals surface area contributed by atoms with Crippen molar-refractivity contribution in [3.05, 3.63) is 18.2 Å². The van der Waals surface area contributed by atoms with Crippen LogP contribution in [0, 0.1) is 11.3 Å². The van der Waals surface area contributed by atoms with Crippen molar-refractivity contribution >= 4 is 10.0 Å². The van der Waals surface area contributed by atoms with Crippen molar-refractivity contribution in [1.29, 1.82) is 5.26 Å². The highest BCUT2D eigenvalue weighted by molar-refractivity contribution is 7.89. The van der Waals surface area contributed by atoms with Crippen LogP contribution in [-0.2, 0) is 10.0 Å². The number of hydrogen-bond acceptors (Lipinski definition) is 5. The van der Waals surface area contributed by atoms with Gasteiger partial charge in [0.05, 0.1) is 25.2 Å².